The van der Waals surface area contributed by atoms with Gasteiger partial charge in [-0.15, -0.1) is 10.3 Å². The molecule has 1 saturated heterocycles. The maximum Gasteiger partial charge on any atom is 0.0987 e. The van der Waals surface area contributed by atoms with Crippen molar-refractivity contribution < 1.29 is 5.21 Å². The molecule has 28 heavy (non-hydrogen) atoms. The highest BCUT2D eigenvalue weighted by atomic mass is 16.5. The van der Waals surface area contributed by atoms with Crippen molar-refractivity contribution in [2.75, 3.05) is 7.05 Å². The maximum absolute atomic E-state index is 12.8. The Morgan fingerprint density at radius 1 is 0.679 bits per heavy atom. The van der Waals surface area contributed by atoms with Crippen LogP contribution in [0.4, 0.5) is 0 Å². The van der Waals surface area contributed by atoms with Crippen LogP contribution in [0.2, 0.25) is 0 Å². The molecule has 1 fully saturated rings. The average Bonchev–Trinajstić information content (AvgIpc) is 2.78. The van der Waals surface area contributed by atoms with E-state index in [1.54, 1.807) is 0 Å². The highest BCUT2D eigenvalue weighted by Crippen LogP contribution is 2.42. The van der Waals surface area contributed by atoms with Crippen molar-refractivity contribution in [3.05, 3.63) is 0 Å². The van der Waals surface area contributed by atoms with E-state index in [2.05, 4.69) is 46.6 Å². The van der Waals surface area contributed by atoms with Crippen molar-refractivity contribution in [3.8, 4) is 0 Å². The molecule has 0 spiro atoms. The number of likely N-dealkylation sites (N-methyl/N-ethyl adjacent to an activating group) is 1. The lowest BCUT2D eigenvalue weighted by Crippen LogP contribution is -2.50. The van der Waals surface area contributed by atoms with E-state index < -0.39 is 0 Å². The lowest BCUT2D eigenvalue weighted by molar-refractivity contribution is -0.265. The molecule has 2 atom stereocenters. The van der Waals surface area contributed by atoms with Crippen LogP contribution in [-0.4, -0.2) is 34.3 Å². The maximum atomic E-state index is 12.8. The Morgan fingerprint density at radius 3 is 1.36 bits per heavy atom. The molecule has 0 aliphatic carbocycles. The third kappa shape index (κ3) is 7.61. The first-order valence-electron chi connectivity index (χ1n) is 12.5. The summed E-state index contributed by atoms with van der Waals surface area (Å²) in [6, 6.07) is 0.298. The normalized spacial score (nSPS) is 25.6. The summed E-state index contributed by atoms with van der Waals surface area (Å²) in [6.45, 7) is 10.8. The fraction of sp³-hybridized carbons (Fsp3) is 1.00. The van der Waals surface area contributed by atoms with Gasteiger partial charge in [0.05, 0.1) is 11.2 Å². The van der Waals surface area contributed by atoms with Crippen LogP contribution in [0.25, 0.3) is 0 Å². The second-order valence-corrected chi connectivity index (χ2v) is 10.2. The SMILES string of the molecule is CCCCCCCCCCCCCCCCC[C@]1(C)N(C)[C@H](C)C(C)(C)N1[O]. The molecule has 167 valence electrons. The fourth-order valence-electron chi connectivity index (χ4n) is 4.93. The smallest absolute Gasteiger partial charge is 0.0987 e. The van der Waals surface area contributed by atoms with Crippen LogP contribution in [-0.2, 0) is 5.21 Å². The molecule has 1 aliphatic heterocycles. The van der Waals surface area contributed by atoms with E-state index in [1.165, 1.54) is 101 Å². The number of hydroxylamine groups is 2. The lowest BCUT2D eigenvalue weighted by atomic mass is 9.97. The van der Waals surface area contributed by atoms with Gasteiger partial charge in [-0.05, 0) is 41.2 Å². The summed E-state index contributed by atoms with van der Waals surface area (Å²) in [5.41, 5.74) is -0.627. The highest BCUT2D eigenvalue weighted by molar-refractivity contribution is 5.04. The molecule has 0 aromatic heterocycles. The summed E-state index contributed by atoms with van der Waals surface area (Å²) in [7, 11) is 2.12. The van der Waals surface area contributed by atoms with Gasteiger partial charge in [-0.1, -0.05) is 103 Å². The van der Waals surface area contributed by atoms with Crippen molar-refractivity contribution in [1.29, 1.82) is 0 Å². The first-order chi connectivity index (χ1) is 13.3. The van der Waals surface area contributed by atoms with E-state index in [0.29, 0.717) is 6.04 Å². The van der Waals surface area contributed by atoms with Crippen molar-refractivity contribution in [2.45, 2.75) is 155 Å². The van der Waals surface area contributed by atoms with Crippen molar-refractivity contribution >= 4 is 0 Å². The number of hydrogen-bond donors (Lipinski definition) is 0. The Hall–Kier alpha value is -0.120. The molecular weight excluding hydrogens is 344 g/mol. The second-order valence-electron chi connectivity index (χ2n) is 10.2. The Balaban J connectivity index is 1.97. The molecule has 1 rings (SSSR count). The van der Waals surface area contributed by atoms with Crippen molar-refractivity contribution in [1.82, 2.24) is 9.96 Å². The highest BCUT2D eigenvalue weighted by Gasteiger charge is 2.56. The zero-order valence-corrected chi connectivity index (χ0v) is 20.2. The lowest BCUT2D eigenvalue weighted by Gasteiger charge is -2.37. The van der Waals surface area contributed by atoms with Crippen LogP contribution < -0.4 is 0 Å². The minimum Gasteiger partial charge on any atom is -0.282 e. The van der Waals surface area contributed by atoms with Crippen LogP contribution in [0.15, 0.2) is 0 Å². The van der Waals surface area contributed by atoms with Gasteiger partial charge in [-0.25, -0.2) is 0 Å². The molecular formula is C25H51N2O. The first kappa shape index (κ1) is 25.9. The molecule has 0 amide bonds. The number of rotatable bonds is 16. The van der Waals surface area contributed by atoms with Crippen molar-refractivity contribution in [2.24, 2.45) is 0 Å². The van der Waals surface area contributed by atoms with E-state index in [0.717, 1.165) is 6.42 Å². The van der Waals surface area contributed by atoms with E-state index in [1.807, 2.05) is 0 Å². The first-order valence-corrected chi connectivity index (χ1v) is 12.5. The van der Waals surface area contributed by atoms with Gasteiger partial charge >= 0.3 is 0 Å². The van der Waals surface area contributed by atoms with Gasteiger partial charge < -0.3 is 0 Å². The van der Waals surface area contributed by atoms with Crippen LogP contribution in [0, 0.1) is 0 Å². The largest absolute Gasteiger partial charge is 0.282 e. The van der Waals surface area contributed by atoms with Gasteiger partial charge in [-0.3, -0.25) is 4.90 Å². The van der Waals surface area contributed by atoms with E-state index in [-0.39, 0.29) is 11.2 Å². The van der Waals surface area contributed by atoms with E-state index in [4.69, 9.17) is 0 Å². The number of unbranched alkanes of at least 4 members (excludes halogenated alkanes) is 14. The average molecular weight is 396 g/mol. The second kappa shape index (κ2) is 13.2. The van der Waals surface area contributed by atoms with Crippen LogP contribution >= 0.6 is 0 Å². The third-order valence-electron chi connectivity index (χ3n) is 7.58. The molecule has 0 aromatic rings. The molecule has 3 nitrogen and oxygen atoms in total. The van der Waals surface area contributed by atoms with Crippen LogP contribution in [0.5, 0.6) is 0 Å². The zero-order valence-electron chi connectivity index (χ0n) is 20.2. The summed E-state index contributed by atoms with van der Waals surface area (Å²) in [5, 5.41) is 14.2. The Labute approximate surface area is 177 Å². The van der Waals surface area contributed by atoms with Gasteiger partial charge in [0.25, 0.3) is 0 Å². The molecule has 1 aliphatic rings. The third-order valence-corrected chi connectivity index (χ3v) is 7.58. The van der Waals surface area contributed by atoms with E-state index in [9.17, 15) is 5.21 Å². The standard InChI is InChI=1S/C25H51N2O/c1-7-8-9-10-11-12-13-14-15-16-17-18-19-20-21-22-25(5)26(6)23(2)24(3,4)27(25)28/h23H,7-22H2,1-6H3/t23-,25-/m1/s1. The molecule has 0 bridgehead atoms. The predicted octanol–water partition coefficient (Wildman–Crippen LogP) is 7.72. The molecule has 0 unspecified atom stereocenters. The zero-order chi connectivity index (χ0) is 21.0. The topological polar surface area (TPSA) is 26.4 Å². The molecule has 1 radical (unpaired) electrons. The minimum absolute atomic E-state index is 0.293. The summed E-state index contributed by atoms with van der Waals surface area (Å²) >= 11 is 0. The fourth-order valence-corrected chi connectivity index (χ4v) is 4.93. The molecule has 3 heteroatoms. The van der Waals surface area contributed by atoms with Gasteiger partial charge in [-0.2, -0.15) is 0 Å². The van der Waals surface area contributed by atoms with Crippen LogP contribution in [0.1, 0.15) is 137 Å². The van der Waals surface area contributed by atoms with E-state index >= 15 is 0 Å². The summed E-state index contributed by atoms with van der Waals surface area (Å²) < 4.78 is 0. The quantitative estimate of drug-likeness (QED) is 0.250. The molecule has 0 N–H and O–H groups in total. The number of hydrogen-bond acceptors (Lipinski definition) is 2. The Kier molecular flexibility index (Phi) is 12.3. The predicted molar refractivity (Wildman–Crippen MR) is 122 cm³/mol. The monoisotopic (exact) mass is 395 g/mol. The van der Waals surface area contributed by atoms with Gasteiger partial charge in [0.15, 0.2) is 0 Å². The van der Waals surface area contributed by atoms with Gasteiger partial charge in [0.2, 0.25) is 0 Å². The summed E-state index contributed by atoms with van der Waals surface area (Å²) in [4.78, 5) is 2.30. The van der Waals surface area contributed by atoms with Crippen LogP contribution in [0.3, 0.4) is 0 Å². The minimum atomic E-state index is -0.334. The summed E-state index contributed by atoms with van der Waals surface area (Å²) in [6.07, 6.45) is 21.8. The molecule has 0 aromatic carbocycles. The Morgan fingerprint density at radius 2 is 1.04 bits per heavy atom. The molecule has 1 heterocycles. The van der Waals surface area contributed by atoms with Gasteiger partial charge in [0.1, 0.15) is 0 Å². The number of nitrogens with zero attached hydrogens (tertiary/aromatic N) is 2. The van der Waals surface area contributed by atoms with Gasteiger partial charge in [0, 0.05) is 6.04 Å². The molecule has 0 saturated carbocycles. The Bertz CT molecular complexity index is 398. The summed E-state index contributed by atoms with van der Waals surface area (Å²) in [5.74, 6) is 0. The van der Waals surface area contributed by atoms with Crippen molar-refractivity contribution in [3.63, 3.8) is 0 Å².